The molecule has 0 saturated carbocycles. The maximum absolute atomic E-state index is 12.4. The summed E-state index contributed by atoms with van der Waals surface area (Å²) in [5, 5.41) is 0. The van der Waals surface area contributed by atoms with Crippen molar-refractivity contribution in [1.82, 2.24) is 9.80 Å². The molecule has 0 unspecified atom stereocenters. The van der Waals surface area contributed by atoms with Crippen LogP contribution in [0.1, 0.15) is 39.7 Å². The van der Waals surface area contributed by atoms with Crippen LogP contribution in [0.3, 0.4) is 0 Å². The molecule has 0 radical (unpaired) electrons. The lowest BCUT2D eigenvalue weighted by atomic mass is 10.0. The van der Waals surface area contributed by atoms with E-state index < -0.39 is 5.60 Å². The first-order chi connectivity index (χ1) is 12.2. The van der Waals surface area contributed by atoms with Gasteiger partial charge in [0.2, 0.25) is 0 Å². The van der Waals surface area contributed by atoms with Crippen molar-refractivity contribution in [3.05, 3.63) is 35.9 Å². The van der Waals surface area contributed by atoms with Crippen LogP contribution in [0, 0.1) is 5.92 Å². The van der Waals surface area contributed by atoms with Crippen molar-refractivity contribution in [1.29, 1.82) is 0 Å². The fraction of sp³-hybridized carbons (Fsp3) is 0.600. The molecule has 6 heteroatoms. The maximum atomic E-state index is 12.4. The van der Waals surface area contributed by atoms with Crippen molar-refractivity contribution in [2.45, 2.75) is 52.4 Å². The molecule has 0 aliphatic carbocycles. The Balaban J connectivity index is 1.94. The van der Waals surface area contributed by atoms with E-state index in [0.717, 1.165) is 12.0 Å². The van der Waals surface area contributed by atoms with Gasteiger partial charge in [-0.3, -0.25) is 0 Å². The number of rotatable bonds is 4. The second-order valence-corrected chi connectivity index (χ2v) is 7.77. The fourth-order valence-electron chi connectivity index (χ4n) is 3.13. The Morgan fingerprint density at radius 1 is 1.19 bits per heavy atom. The number of hydrogen-bond donors (Lipinski definition) is 0. The van der Waals surface area contributed by atoms with Crippen molar-refractivity contribution in [2.75, 3.05) is 20.1 Å². The molecule has 144 valence electrons. The first-order valence-corrected chi connectivity index (χ1v) is 9.12. The number of carbonyl (C=O) groups is 2. The second kappa shape index (κ2) is 8.43. The quantitative estimate of drug-likeness (QED) is 0.815. The molecule has 1 aliphatic rings. The van der Waals surface area contributed by atoms with Crippen molar-refractivity contribution in [2.24, 2.45) is 5.92 Å². The number of benzene rings is 1. The standard InChI is InChI=1S/C20H30N2O4/c1-6-16-12-22(19(24)26-20(2,3)4)13-17(16)21(5)18(23)25-14-15-10-8-7-9-11-15/h7-11,16-17H,6,12-14H2,1-5H3/t16-,17+/m1/s1. The van der Waals surface area contributed by atoms with Crippen LogP contribution in [-0.2, 0) is 16.1 Å². The zero-order chi connectivity index (χ0) is 19.3. The number of amides is 2. The van der Waals surface area contributed by atoms with E-state index in [-0.39, 0.29) is 30.8 Å². The SMILES string of the molecule is CC[C@@H]1CN(C(=O)OC(C)(C)C)C[C@@H]1N(C)C(=O)OCc1ccccc1. The number of nitrogens with zero attached hydrogens (tertiary/aromatic N) is 2. The van der Waals surface area contributed by atoms with Crippen molar-refractivity contribution in [3.63, 3.8) is 0 Å². The van der Waals surface area contributed by atoms with Gasteiger partial charge < -0.3 is 19.3 Å². The largest absolute Gasteiger partial charge is 0.445 e. The maximum Gasteiger partial charge on any atom is 0.410 e. The highest BCUT2D eigenvalue weighted by Gasteiger charge is 2.40. The lowest BCUT2D eigenvalue weighted by Crippen LogP contribution is -2.43. The summed E-state index contributed by atoms with van der Waals surface area (Å²) in [5.74, 6) is 0.205. The highest BCUT2D eigenvalue weighted by Crippen LogP contribution is 2.26. The van der Waals surface area contributed by atoms with E-state index in [1.807, 2.05) is 51.1 Å². The number of likely N-dealkylation sites (N-methyl/N-ethyl adjacent to an activating group) is 1. The number of hydrogen-bond acceptors (Lipinski definition) is 4. The van der Waals surface area contributed by atoms with Gasteiger partial charge in [-0.1, -0.05) is 37.3 Å². The number of likely N-dealkylation sites (tertiary alicyclic amines) is 1. The molecule has 0 spiro atoms. The monoisotopic (exact) mass is 362 g/mol. The molecule has 2 atom stereocenters. The minimum atomic E-state index is -0.530. The summed E-state index contributed by atoms with van der Waals surface area (Å²) in [5.41, 5.74) is 0.417. The molecule has 1 aromatic carbocycles. The fourth-order valence-corrected chi connectivity index (χ4v) is 3.13. The lowest BCUT2D eigenvalue weighted by molar-refractivity contribution is 0.0276. The Morgan fingerprint density at radius 3 is 2.42 bits per heavy atom. The summed E-state index contributed by atoms with van der Waals surface area (Å²) in [6, 6.07) is 9.51. The Kier molecular flexibility index (Phi) is 6.51. The molecule has 0 aromatic heterocycles. The van der Waals surface area contributed by atoms with E-state index in [2.05, 4.69) is 6.92 Å². The van der Waals surface area contributed by atoms with Gasteiger partial charge in [0.25, 0.3) is 0 Å². The molecule has 1 fully saturated rings. The van der Waals surface area contributed by atoms with Crippen molar-refractivity contribution in [3.8, 4) is 0 Å². The van der Waals surface area contributed by atoms with Gasteiger partial charge in [-0.05, 0) is 38.7 Å². The average Bonchev–Trinajstić information content (AvgIpc) is 3.03. The molecule has 2 rings (SSSR count). The summed E-state index contributed by atoms with van der Waals surface area (Å²) in [7, 11) is 1.74. The van der Waals surface area contributed by atoms with Crippen LogP contribution in [0.5, 0.6) is 0 Å². The third-order valence-corrected chi connectivity index (χ3v) is 4.57. The zero-order valence-corrected chi connectivity index (χ0v) is 16.4. The molecular formula is C20H30N2O4. The number of carbonyl (C=O) groups excluding carboxylic acids is 2. The first kappa shape index (κ1) is 20.1. The van der Waals surface area contributed by atoms with E-state index in [9.17, 15) is 9.59 Å². The minimum Gasteiger partial charge on any atom is -0.445 e. The topological polar surface area (TPSA) is 59.1 Å². The van der Waals surface area contributed by atoms with E-state index in [1.165, 1.54) is 0 Å². The van der Waals surface area contributed by atoms with E-state index in [1.54, 1.807) is 16.8 Å². The van der Waals surface area contributed by atoms with Gasteiger partial charge >= 0.3 is 12.2 Å². The van der Waals surface area contributed by atoms with Crippen LogP contribution in [0.25, 0.3) is 0 Å². The summed E-state index contributed by atoms with van der Waals surface area (Å²) in [6.45, 7) is 8.91. The van der Waals surface area contributed by atoms with Gasteiger partial charge in [0, 0.05) is 20.1 Å². The number of ether oxygens (including phenoxy) is 2. The van der Waals surface area contributed by atoms with Gasteiger partial charge in [0.05, 0.1) is 6.04 Å². The Hall–Kier alpha value is -2.24. The average molecular weight is 362 g/mol. The summed E-state index contributed by atoms with van der Waals surface area (Å²) in [6.07, 6.45) is 0.174. The summed E-state index contributed by atoms with van der Waals surface area (Å²) < 4.78 is 10.9. The normalized spacial score (nSPS) is 20.0. The van der Waals surface area contributed by atoms with Crippen LogP contribution in [0.15, 0.2) is 30.3 Å². The van der Waals surface area contributed by atoms with Crippen LogP contribution in [0.4, 0.5) is 9.59 Å². The van der Waals surface area contributed by atoms with Gasteiger partial charge in [-0.2, -0.15) is 0 Å². The molecule has 1 aliphatic heterocycles. The third-order valence-electron chi connectivity index (χ3n) is 4.57. The Labute approximate surface area is 156 Å². The van der Waals surface area contributed by atoms with Crippen LogP contribution < -0.4 is 0 Å². The van der Waals surface area contributed by atoms with E-state index in [4.69, 9.17) is 9.47 Å². The highest BCUT2D eigenvalue weighted by molar-refractivity contribution is 5.70. The Bertz CT molecular complexity index is 612. The van der Waals surface area contributed by atoms with E-state index >= 15 is 0 Å². The summed E-state index contributed by atoms with van der Waals surface area (Å²) in [4.78, 5) is 28.1. The van der Waals surface area contributed by atoms with Crippen LogP contribution in [-0.4, -0.2) is 53.8 Å². The summed E-state index contributed by atoms with van der Waals surface area (Å²) >= 11 is 0. The predicted molar refractivity (Wildman–Crippen MR) is 99.8 cm³/mol. The first-order valence-electron chi connectivity index (χ1n) is 9.12. The molecular weight excluding hydrogens is 332 g/mol. The molecule has 6 nitrogen and oxygen atoms in total. The Morgan fingerprint density at radius 2 is 1.85 bits per heavy atom. The third kappa shape index (κ3) is 5.38. The van der Waals surface area contributed by atoms with Crippen LogP contribution in [0.2, 0.25) is 0 Å². The van der Waals surface area contributed by atoms with Gasteiger partial charge in [-0.25, -0.2) is 9.59 Å². The minimum absolute atomic E-state index is 0.0733. The van der Waals surface area contributed by atoms with Gasteiger partial charge in [0.15, 0.2) is 0 Å². The lowest BCUT2D eigenvalue weighted by Gasteiger charge is -2.28. The van der Waals surface area contributed by atoms with E-state index in [0.29, 0.717) is 13.1 Å². The van der Waals surface area contributed by atoms with Gasteiger partial charge in [0.1, 0.15) is 12.2 Å². The molecule has 26 heavy (non-hydrogen) atoms. The molecule has 2 amide bonds. The second-order valence-electron chi connectivity index (χ2n) is 7.77. The van der Waals surface area contributed by atoms with Crippen molar-refractivity contribution < 1.29 is 19.1 Å². The predicted octanol–water partition coefficient (Wildman–Crippen LogP) is 3.90. The van der Waals surface area contributed by atoms with Crippen LogP contribution >= 0.6 is 0 Å². The molecule has 1 heterocycles. The highest BCUT2D eigenvalue weighted by atomic mass is 16.6. The zero-order valence-electron chi connectivity index (χ0n) is 16.4. The molecule has 0 N–H and O–H groups in total. The molecule has 1 aromatic rings. The smallest absolute Gasteiger partial charge is 0.410 e. The molecule has 0 bridgehead atoms. The van der Waals surface area contributed by atoms with Gasteiger partial charge in [-0.15, -0.1) is 0 Å². The molecule has 1 saturated heterocycles. The van der Waals surface area contributed by atoms with Crippen molar-refractivity contribution >= 4 is 12.2 Å².